The second-order valence-electron chi connectivity index (χ2n) is 6.53. The third kappa shape index (κ3) is 5.44. The molecule has 0 saturated heterocycles. The van der Waals surface area contributed by atoms with Crippen molar-refractivity contribution in [3.05, 3.63) is 54.4 Å². The van der Waals surface area contributed by atoms with Gasteiger partial charge in [0.05, 0.1) is 0 Å². The number of rotatable bonds is 7. The molecule has 9 heteroatoms. The zero-order valence-corrected chi connectivity index (χ0v) is 17.6. The summed E-state index contributed by atoms with van der Waals surface area (Å²) in [5.74, 6) is -0.887. The van der Waals surface area contributed by atoms with Crippen molar-refractivity contribution in [2.45, 2.75) is 25.5 Å². The maximum Gasteiger partial charge on any atom is 0.262 e. The van der Waals surface area contributed by atoms with E-state index in [0.717, 1.165) is 13.1 Å². The van der Waals surface area contributed by atoms with Crippen LogP contribution in [0, 0.1) is 0 Å². The van der Waals surface area contributed by atoms with E-state index in [9.17, 15) is 14.4 Å². The summed E-state index contributed by atoms with van der Waals surface area (Å²) < 4.78 is 0. The zero-order valence-electron chi connectivity index (χ0n) is 16.8. The van der Waals surface area contributed by atoms with Gasteiger partial charge in [-0.3, -0.25) is 19.4 Å². The number of aliphatic imine (C=N–C) groups is 1. The average molecular weight is 426 g/mol. The number of amidine groups is 1. The summed E-state index contributed by atoms with van der Waals surface area (Å²) in [6.45, 7) is 5.50. The van der Waals surface area contributed by atoms with Crippen LogP contribution in [0.15, 0.2) is 53.8 Å². The van der Waals surface area contributed by atoms with Gasteiger partial charge in [0.15, 0.2) is 5.17 Å². The molecule has 0 bridgehead atoms. The maximum absolute atomic E-state index is 12.5. The minimum atomic E-state index is -0.529. The number of aromatic nitrogens is 1. The Kier molecular flexibility index (Phi) is 7.18. The summed E-state index contributed by atoms with van der Waals surface area (Å²) in [5, 5.41) is 5.67. The number of nitrogens with zero attached hydrogens (tertiary/aromatic N) is 3. The van der Waals surface area contributed by atoms with Gasteiger partial charge in [-0.1, -0.05) is 17.8 Å². The molecule has 0 radical (unpaired) electrons. The third-order valence-corrected chi connectivity index (χ3v) is 5.69. The fourth-order valence-electron chi connectivity index (χ4n) is 2.90. The van der Waals surface area contributed by atoms with E-state index < -0.39 is 5.25 Å². The van der Waals surface area contributed by atoms with Gasteiger partial charge < -0.3 is 15.5 Å². The lowest BCUT2D eigenvalue weighted by Gasteiger charge is -2.19. The molecule has 0 aliphatic carbocycles. The van der Waals surface area contributed by atoms with Crippen LogP contribution in [0.2, 0.25) is 0 Å². The molecule has 1 aliphatic rings. The van der Waals surface area contributed by atoms with E-state index in [1.165, 1.54) is 11.8 Å². The molecule has 8 nitrogen and oxygen atoms in total. The summed E-state index contributed by atoms with van der Waals surface area (Å²) >= 11 is 1.32. The van der Waals surface area contributed by atoms with Crippen molar-refractivity contribution in [3.8, 4) is 0 Å². The van der Waals surface area contributed by atoms with Gasteiger partial charge in [-0.25, -0.2) is 0 Å². The third-order valence-electron chi connectivity index (χ3n) is 4.48. The SMILES string of the molecule is CCN(CC)C1=NC(=O)C(CC(=O)Nc2cccc(C(=O)Nc3ccncc3)c2)S1. The molecule has 3 amide bonds. The molecular formula is C21H23N5O3S. The lowest BCUT2D eigenvalue weighted by molar-refractivity contribution is -0.121. The van der Waals surface area contributed by atoms with E-state index in [1.54, 1.807) is 48.8 Å². The van der Waals surface area contributed by atoms with Crippen LogP contribution in [-0.4, -0.2) is 51.1 Å². The number of nitrogens with one attached hydrogen (secondary N) is 2. The molecule has 1 unspecified atom stereocenters. The molecule has 1 atom stereocenters. The molecule has 2 N–H and O–H groups in total. The number of amides is 3. The number of hydrogen-bond acceptors (Lipinski definition) is 6. The summed E-state index contributed by atoms with van der Waals surface area (Å²) in [4.78, 5) is 47.0. The van der Waals surface area contributed by atoms with E-state index in [0.29, 0.717) is 22.1 Å². The first kappa shape index (κ1) is 21.5. The fraction of sp³-hybridized carbons (Fsp3) is 0.286. The van der Waals surface area contributed by atoms with Gasteiger partial charge in [0.1, 0.15) is 5.25 Å². The number of thioether (sulfide) groups is 1. The monoisotopic (exact) mass is 425 g/mol. The minimum Gasteiger partial charge on any atom is -0.352 e. The fourth-order valence-corrected chi connectivity index (χ4v) is 4.09. The number of carbonyl (C=O) groups is 3. The number of anilines is 2. The predicted octanol–water partition coefficient (Wildman–Crippen LogP) is 3.00. The molecule has 0 fully saturated rings. The largest absolute Gasteiger partial charge is 0.352 e. The van der Waals surface area contributed by atoms with E-state index >= 15 is 0 Å². The van der Waals surface area contributed by atoms with E-state index in [4.69, 9.17) is 0 Å². The van der Waals surface area contributed by atoms with Crippen LogP contribution >= 0.6 is 11.8 Å². The van der Waals surface area contributed by atoms with Crippen molar-refractivity contribution in [1.82, 2.24) is 9.88 Å². The molecular weight excluding hydrogens is 402 g/mol. The van der Waals surface area contributed by atoms with E-state index in [2.05, 4.69) is 20.6 Å². The first-order valence-electron chi connectivity index (χ1n) is 9.65. The summed E-state index contributed by atoms with van der Waals surface area (Å²) in [5.41, 5.74) is 1.52. The van der Waals surface area contributed by atoms with Gasteiger partial charge in [0, 0.05) is 48.8 Å². The van der Waals surface area contributed by atoms with Gasteiger partial charge >= 0.3 is 0 Å². The normalized spacial score (nSPS) is 15.5. The Bertz CT molecular complexity index is 960. The Morgan fingerprint density at radius 2 is 1.80 bits per heavy atom. The van der Waals surface area contributed by atoms with Crippen LogP contribution in [-0.2, 0) is 9.59 Å². The Morgan fingerprint density at radius 3 is 2.50 bits per heavy atom. The summed E-state index contributed by atoms with van der Waals surface area (Å²) in [6.07, 6.45) is 3.19. The van der Waals surface area contributed by atoms with Crippen LogP contribution in [0.4, 0.5) is 11.4 Å². The van der Waals surface area contributed by atoms with Crippen molar-refractivity contribution in [2.24, 2.45) is 4.99 Å². The van der Waals surface area contributed by atoms with Crippen LogP contribution in [0.25, 0.3) is 0 Å². The molecule has 156 valence electrons. The molecule has 30 heavy (non-hydrogen) atoms. The van der Waals surface area contributed by atoms with Gasteiger partial charge in [0.25, 0.3) is 11.8 Å². The molecule has 2 aromatic rings. The van der Waals surface area contributed by atoms with Crippen molar-refractivity contribution in [2.75, 3.05) is 23.7 Å². The van der Waals surface area contributed by atoms with Gasteiger partial charge in [-0.15, -0.1) is 0 Å². The highest BCUT2D eigenvalue weighted by Crippen LogP contribution is 2.27. The first-order chi connectivity index (χ1) is 14.5. The number of carbonyl (C=O) groups excluding carboxylic acids is 3. The number of hydrogen-bond donors (Lipinski definition) is 2. The Morgan fingerprint density at radius 1 is 1.07 bits per heavy atom. The second kappa shape index (κ2) is 10.0. The summed E-state index contributed by atoms with van der Waals surface area (Å²) in [6, 6.07) is 10.0. The first-order valence-corrected chi connectivity index (χ1v) is 10.5. The smallest absolute Gasteiger partial charge is 0.262 e. The molecule has 2 heterocycles. The summed E-state index contributed by atoms with van der Waals surface area (Å²) in [7, 11) is 0. The van der Waals surface area contributed by atoms with Gasteiger partial charge in [0.2, 0.25) is 5.91 Å². The van der Waals surface area contributed by atoms with Crippen LogP contribution in [0.3, 0.4) is 0 Å². The zero-order chi connectivity index (χ0) is 21.5. The number of benzene rings is 1. The highest BCUT2D eigenvalue weighted by atomic mass is 32.2. The van der Waals surface area contributed by atoms with Crippen LogP contribution in [0.5, 0.6) is 0 Å². The molecule has 1 aromatic carbocycles. The molecule has 3 rings (SSSR count). The van der Waals surface area contributed by atoms with Crippen LogP contribution in [0.1, 0.15) is 30.6 Å². The Hall–Kier alpha value is -3.20. The van der Waals surface area contributed by atoms with E-state index in [1.807, 2.05) is 18.7 Å². The Balaban J connectivity index is 1.58. The second-order valence-corrected chi connectivity index (χ2v) is 7.70. The predicted molar refractivity (Wildman–Crippen MR) is 119 cm³/mol. The molecule has 0 spiro atoms. The van der Waals surface area contributed by atoms with Gasteiger partial charge in [-0.2, -0.15) is 4.99 Å². The topological polar surface area (TPSA) is 104 Å². The maximum atomic E-state index is 12.5. The minimum absolute atomic E-state index is 0.0191. The lowest BCUT2D eigenvalue weighted by atomic mass is 10.1. The van der Waals surface area contributed by atoms with Crippen molar-refractivity contribution >= 4 is 46.0 Å². The molecule has 1 aliphatic heterocycles. The van der Waals surface area contributed by atoms with Crippen molar-refractivity contribution in [1.29, 1.82) is 0 Å². The number of pyridine rings is 1. The van der Waals surface area contributed by atoms with Gasteiger partial charge in [-0.05, 0) is 44.2 Å². The molecule has 1 aromatic heterocycles. The average Bonchev–Trinajstić information content (AvgIpc) is 3.09. The standard InChI is InChI=1S/C21H23N5O3S/c1-3-26(4-2)21-25-20(29)17(30-21)13-18(27)23-16-7-5-6-14(12-16)19(28)24-15-8-10-22-11-9-15/h5-12,17H,3-4,13H2,1-2H3,(H,23,27)(H,22,24,28). The highest BCUT2D eigenvalue weighted by molar-refractivity contribution is 8.15. The van der Waals surface area contributed by atoms with E-state index in [-0.39, 0.29) is 24.1 Å². The Labute approximate surface area is 179 Å². The molecule has 0 saturated carbocycles. The lowest BCUT2D eigenvalue weighted by Crippen LogP contribution is -2.27. The van der Waals surface area contributed by atoms with Crippen LogP contribution < -0.4 is 10.6 Å². The quantitative estimate of drug-likeness (QED) is 0.707. The highest BCUT2D eigenvalue weighted by Gasteiger charge is 2.32. The van der Waals surface area contributed by atoms with Crippen molar-refractivity contribution < 1.29 is 14.4 Å². The van der Waals surface area contributed by atoms with Crippen molar-refractivity contribution in [3.63, 3.8) is 0 Å².